The summed E-state index contributed by atoms with van der Waals surface area (Å²) in [7, 11) is 0. The number of nitrogens with one attached hydrogen (secondary N) is 3. The van der Waals surface area contributed by atoms with Crippen LogP contribution in [-0.2, 0) is 9.59 Å². The maximum absolute atomic E-state index is 13.8. The van der Waals surface area contributed by atoms with Crippen molar-refractivity contribution in [3.05, 3.63) is 59.7 Å². The molecule has 1 aliphatic rings. The van der Waals surface area contributed by atoms with Gasteiger partial charge in [0.15, 0.2) is 0 Å². The number of benzene rings is 2. The molecule has 0 saturated carbocycles. The highest BCUT2D eigenvalue weighted by molar-refractivity contribution is 6.01. The van der Waals surface area contributed by atoms with Crippen LogP contribution in [0.4, 0.5) is 28.9 Å². The third kappa shape index (κ3) is 5.24. The van der Waals surface area contributed by atoms with Crippen molar-refractivity contribution >= 4 is 35.6 Å². The normalized spacial score (nSPS) is 18.1. The van der Waals surface area contributed by atoms with Gasteiger partial charge in [-0.1, -0.05) is 0 Å². The van der Waals surface area contributed by atoms with Crippen molar-refractivity contribution in [3.63, 3.8) is 0 Å². The number of carbonyl (C=O) groups is 2. The fourth-order valence-corrected chi connectivity index (χ4v) is 3.11. The van der Waals surface area contributed by atoms with Crippen LogP contribution >= 0.6 is 12.4 Å². The lowest BCUT2D eigenvalue weighted by molar-refractivity contribution is -0.129. The molecule has 2 aromatic rings. The molecule has 0 bridgehead atoms. The molecular weight excluding hydrogens is 414 g/mol. The van der Waals surface area contributed by atoms with E-state index in [0.717, 1.165) is 24.3 Å². The number of halogens is 5. The molecule has 29 heavy (non-hydrogen) atoms. The molecule has 1 saturated heterocycles. The third-order valence-electron chi connectivity index (χ3n) is 4.61. The largest absolute Gasteiger partial charge is 0.324 e. The molecule has 1 aliphatic heterocycles. The maximum atomic E-state index is 13.8. The topological polar surface area (TPSA) is 70.2 Å². The van der Waals surface area contributed by atoms with Crippen LogP contribution in [0.2, 0.25) is 0 Å². The summed E-state index contributed by atoms with van der Waals surface area (Å²) in [6.45, 7) is 0.610. The van der Waals surface area contributed by atoms with E-state index in [0.29, 0.717) is 25.1 Å². The lowest BCUT2D eigenvalue weighted by Crippen LogP contribution is -2.41. The van der Waals surface area contributed by atoms with Gasteiger partial charge >= 0.3 is 0 Å². The van der Waals surface area contributed by atoms with Gasteiger partial charge in [-0.2, -0.15) is 0 Å². The van der Waals surface area contributed by atoms with E-state index in [9.17, 15) is 27.2 Å². The fourth-order valence-electron chi connectivity index (χ4n) is 3.11. The maximum Gasteiger partial charge on any atom is 0.232 e. The number of rotatable bonds is 5. The van der Waals surface area contributed by atoms with Crippen molar-refractivity contribution in [1.82, 2.24) is 5.32 Å². The Morgan fingerprint density at radius 2 is 1.48 bits per heavy atom. The van der Waals surface area contributed by atoms with Crippen LogP contribution < -0.4 is 16.0 Å². The number of amides is 2. The predicted octanol–water partition coefficient (Wildman–Crippen LogP) is 3.61. The molecule has 1 heterocycles. The smallest absolute Gasteiger partial charge is 0.232 e. The van der Waals surface area contributed by atoms with Gasteiger partial charge in [0.1, 0.15) is 23.3 Å². The summed E-state index contributed by atoms with van der Waals surface area (Å²) in [6, 6.07) is 5.44. The Hall–Kier alpha value is -2.65. The highest BCUT2D eigenvalue weighted by Crippen LogP contribution is 2.32. The molecule has 1 unspecified atom stereocenters. The van der Waals surface area contributed by atoms with Crippen LogP contribution in [0.3, 0.4) is 0 Å². The zero-order valence-electron chi connectivity index (χ0n) is 15.0. The molecule has 2 aromatic carbocycles. The predicted molar refractivity (Wildman–Crippen MR) is 102 cm³/mol. The lowest BCUT2D eigenvalue weighted by atomic mass is 9.82. The first-order valence-electron chi connectivity index (χ1n) is 8.51. The number of hydrogen-bond donors (Lipinski definition) is 3. The molecule has 10 heteroatoms. The summed E-state index contributed by atoms with van der Waals surface area (Å²) in [6.07, 6.45) is -0.00751. The van der Waals surface area contributed by atoms with Crippen LogP contribution in [0.15, 0.2) is 36.4 Å². The van der Waals surface area contributed by atoms with Crippen LogP contribution in [0.5, 0.6) is 0 Å². The Balaban J connectivity index is 0.00000300. The molecule has 2 amide bonds. The summed E-state index contributed by atoms with van der Waals surface area (Å²) >= 11 is 0. The highest BCUT2D eigenvalue weighted by Gasteiger charge is 2.43. The number of hydrogen-bond acceptors (Lipinski definition) is 3. The van der Waals surface area contributed by atoms with Gasteiger partial charge in [0.2, 0.25) is 11.8 Å². The first-order chi connectivity index (χ1) is 13.3. The third-order valence-corrected chi connectivity index (χ3v) is 4.61. The number of anilines is 2. The Bertz CT molecular complexity index is 920. The van der Waals surface area contributed by atoms with E-state index in [1.807, 2.05) is 0 Å². The number of carbonyl (C=O) groups excluding carboxylic acids is 2. The summed E-state index contributed by atoms with van der Waals surface area (Å²) in [4.78, 5) is 25.1. The second kappa shape index (κ2) is 9.23. The molecule has 3 N–H and O–H groups in total. The van der Waals surface area contributed by atoms with Gasteiger partial charge in [-0.05, 0) is 37.2 Å². The molecule has 5 nitrogen and oxygen atoms in total. The van der Waals surface area contributed by atoms with Crippen molar-refractivity contribution in [2.24, 2.45) is 5.41 Å². The molecule has 0 spiro atoms. The quantitative estimate of drug-likeness (QED) is 0.633. The first kappa shape index (κ1) is 22.6. The van der Waals surface area contributed by atoms with Crippen molar-refractivity contribution in [2.45, 2.75) is 12.8 Å². The van der Waals surface area contributed by atoms with Gasteiger partial charge in [-0.25, -0.2) is 17.6 Å². The van der Waals surface area contributed by atoms with Crippen LogP contribution in [0.1, 0.15) is 12.8 Å². The molecule has 156 valence electrons. The van der Waals surface area contributed by atoms with Gasteiger partial charge < -0.3 is 16.0 Å². The summed E-state index contributed by atoms with van der Waals surface area (Å²) in [5.41, 5.74) is -1.61. The monoisotopic (exact) mass is 431 g/mol. The molecule has 0 aromatic heterocycles. The molecule has 1 atom stereocenters. The van der Waals surface area contributed by atoms with E-state index in [1.165, 1.54) is 0 Å². The van der Waals surface area contributed by atoms with Crippen LogP contribution in [0, 0.1) is 28.7 Å². The van der Waals surface area contributed by atoms with Crippen molar-refractivity contribution in [1.29, 1.82) is 0 Å². The minimum absolute atomic E-state index is 0. The van der Waals surface area contributed by atoms with Crippen molar-refractivity contribution in [2.75, 3.05) is 23.7 Å². The highest BCUT2D eigenvalue weighted by atomic mass is 35.5. The first-order valence-corrected chi connectivity index (χ1v) is 8.51. The van der Waals surface area contributed by atoms with E-state index < -0.39 is 40.5 Å². The summed E-state index contributed by atoms with van der Waals surface area (Å²) in [5, 5.41) is 7.67. The Morgan fingerprint density at radius 1 is 0.931 bits per heavy atom. The Morgan fingerprint density at radius 3 is 1.97 bits per heavy atom. The van der Waals surface area contributed by atoms with E-state index in [2.05, 4.69) is 16.0 Å². The van der Waals surface area contributed by atoms with Gasteiger partial charge in [-0.15, -0.1) is 12.4 Å². The average Bonchev–Trinajstić information content (AvgIpc) is 3.09. The molecule has 1 fully saturated rings. The molecule has 0 aliphatic carbocycles. The van der Waals surface area contributed by atoms with E-state index in [4.69, 9.17) is 0 Å². The minimum Gasteiger partial charge on any atom is -0.324 e. The van der Waals surface area contributed by atoms with Crippen LogP contribution in [0.25, 0.3) is 0 Å². The summed E-state index contributed by atoms with van der Waals surface area (Å²) < 4.78 is 53.6. The Kier molecular flexibility index (Phi) is 7.21. The second-order valence-electron chi connectivity index (χ2n) is 6.63. The minimum atomic E-state index is -1.19. The van der Waals surface area contributed by atoms with E-state index in [-0.39, 0.29) is 36.7 Å². The molecule has 3 rings (SSSR count). The average molecular weight is 432 g/mol. The van der Waals surface area contributed by atoms with Gasteiger partial charge in [0, 0.05) is 25.1 Å². The Labute approximate surface area is 170 Å². The van der Waals surface area contributed by atoms with Crippen molar-refractivity contribution < 1.29 is 27.2 Å². The van der Waals surface area contributed by atoms with Gasteiger partial charge in [-0.3, -0.25) is 9.59 Å². The van der Waals surface area contributed by atoms with E-state index >= 15 is 0 Å². The van der Waals surface area contributed by atoms with Gasteiger partial charge in [0.05, 0.1) is 16.8 Å². The summed E-state index contributed by atoms with van der Waals surface area (Å²) in [5.74, 6) is -4.71. The standard InChI is InChI=1S/C19H17F4N3O2.ClH/c20-11-1-3-15(13(22)7-11)25-17(27)9-19(5-6-24-10-19)18(28)26-16-4-2-12(21)8-14(16)23;/h1-4,7-8,24H,5-6,9-10H2,(H,25,27)(H,26,28);1H. The zero-order valence-corrected chi connectivity index (χ0v) is 15.8. The van der Waals surface area contributed by atoms with Crippen LogP contribution in [-0.4, -0.2) is 24.9 Å². The molecule has 0 radical (unpaired) electrons. The second-order valence-corrected chi connectivity index (χ2v) is 6.63. The SMILES string of the molecule is Cl.O=C(CC1(C(=O)Nc2ccc(F)cc2F)CCNC1)Nc1ccc(F)cc1F. The van der Waals surface area contributed by atoms with Crippen molar-refractivity contribution in [3.8, 4) is 0 Å². The molecular formula is C19H18ClF4N3O2. The van der Waals surface area contributed by atoms with Gasteiger partial charge in [0.25, 0.3) is 0 Å². The fraction of sp³-hybridized carbons (Fsp3) is 0.263. The van der Waals surface area contributed by atoms with E-state index in [1.54, 1.807) is 0 Å². The lowest BCUT2D eigenvalue weighted by Gasteiger charge is -2.26. The zero-order chi connectivity index (χ0) is 20.3.